The summed E-state index contributed by atoms with van der Waals surface area (Å²) in [5.74, 6) is 0.766. The summed E-state index contributed by atoms with van der Waals surface area (Å²) >= 11 is 0. The first-order valence-electron chi connectivity index (χ1n) is 7.73. The molecule has 1 heterocycles. The van der Waals surface area contributed by atoms with E-state index in [2.05, 4.69) is 4.98 Å². The van der Waals surface area contributed by atoms with Gasteiger partial charge in [-0.3, -0.25) is 9.78 Å². The third-order valence-corrected chi connectivity index (χ3v) is 4.23. The number of hydrogen-bond donors (Lipinski definition) is 0. The molecule has 0 radical (unpaired) electrons. The minimum atomic E-state index is 0.0273. The molecule has 0 unspecified atom stereocenters. The molecule has 0 aliphatic heterocycles. The van der Waals surface area contributed by atoms with E-state index in [0.29, 0.717) is 11.1 Å². The Morgan fingerprint density at radius 3 is 2.33 bits per heavy atom. The topological polar surface area (TPSA) is 39.2 Å². The molecule has 3 heteroatoms. The van der Waals surface area contributed by atoms with E-state index in [4.69, 9.17) is 4.74 Å². The van der Waals surface area contributed by atoms with E-state index in [0.717, 1.165) is 28.0 Å². The van der Waals surface area contributed by atoms with Crippen LogP contribution in [0.5, 0.6) is 5.75 Å². The molecule has 3 nitrogen and oxygen atoms in total. The van der Waals surface area contributed by atoms with Crippen LogP contribution >= 0.6 is 0 Å². The lowest BCUT2D eigenvalue weighted by Gasteiger charge is -2.09. The summed E-state index contributed by atoms with van der Waals surface area (Å²) in [5, 5.41) is 0. The van der Waals surface area contributed by atoms with E-state index in [9.17, 15) is 4.79 Å². The number of nitrogens with zero attached hydrogens (tertiary/aromatic N) is 1. The zero-order chi connectivity index (χ0) is 16.5. The largest absolute Gasteiger partial charge is 0.497 e. The first-order chi connectivity index (χ1) is 11.8. The number of ether oxygens (including phenoxy) is 1. The van der Waals surface area contributed by atoms with Crippen LogP contribution in [0.2, 0.25) is 0 Å². The second-order valence-corrected chi connectivity index (χ2v) is 5.60. The average Bonchev–Trinajstić information content (AvgIpc) is 2.95. The van der Waals surface area contributed by atoms with Crippen molar-refractivity contribution in [2.24, 2.45) is 0 Å². The van der Waals surface area contributed by atoms with Gasteiger partial charge in [0.2, 0.25) is 0 Å². The fraction of sp³-hybridized carbons (Fsp3) is 0.0476. The van der Waals surface area contributed by atoms with Crippen molar-refractivity contribution in [1.82, 2.24) is 4.98 Å². The van der Waals surface area contributed by atoms with E-state index in [1.807, 2.05) is 60.7 Å². The molecule has 0 amide bonds. The van der Waals surface area contributed by atoms with E-state index in [-0.39, 0.29) is 5.78 Å². The van der Waals surface area contributed by atoms with Crippen molar-refractivity contribution in [1.29, 1.82) is 0 Å². The fourth-order valence-electron chi connectivity index (χ4n) is 3.13. The van der Waals surface area contributed by atoms with Gasteiger partial charge in [-0.1, -0.05) is 36.4 Å². The molecule has 24 heavy (non-hydrogen) atoms. The molecular formula is C21H15NO2. The molecule has 116 valence electrons. The van der Waals surface area contributed by atoms with E-state index < -0.39 is 0 Å². The van der Waals surface area contributed by atoms with Gasteiger partial charge in [-0.05, 0) is 35.4 Å². The van der Waals surface area contributed by atoms with Crippen molar-refractivity contribution in [3.8, 4) is 5.75 Å². The van der Waals surface area contributed by atoms with Gasteiger partial charge in [0.15, 0.2) is 5.78 Å². The Kier molecular flexibility index (Phi) is 3.47. The number of methoxy groups -OCH3 is 1. The van der Waals surface area contributed by atoms with Crippen LogP contribution in [0.3, 0.4) is 0 Å². The number of ketones is 1. The SMILES string of the molecule is COc1ccc2c(c1)C(c1ccccc1)=C(c1cccnc1)C2=O. The lowest BCUT2D eigenvalue weighted by Crippen LogP contribution is -1.98. The first kappa shape index (κ1) is 14.4. The second kappa shape index (κ2) is 5.78. The van der Waals surface area contributed by atoms with Crippen LogP contribution in [0.15, 0.2) is 73.1 Å². The lowest BCUT2D eigenvalue weighted by molar-refractivity contribution is 0.105. The van der Waals surface area contributed by atoms with Crippen LogP contribution in [0.1, 0.15) is 27.0 Å². The normalized spacial score (nSPS) is 13.1. The average molecular weight is 313 g/mol. The van der Waals surface area contributed by atoms with Crippen LogP contribution in [0.4, 0.5) is 0 Å². The molecule has 1 aliphatic carbocycles. The highest BCUT2D eigenvalue weighted by molar-refractivity contribution is 6.41. The maximum atomic E-state index is 13.1. The summed E-state index contributed by atoms with van der Waals surface area (Å²) in [6.45, 7) is 0. The smallest absolute Gasteiger partial charge is 0.194 e. The monoisotopic (exact) mass is 313 g/mol. The number of fused-ring (bicyclic) bond motifs is 1. The quantitative estimate of drug-likeness (QED) is 0.726. The Morgan fingerprint density at radius 1 is 0.833 bits per heavy atom. The minimum absolute atomic E-state index is 0.0273. The standard InChI is InChI=1S/C21H15NO2/c1-24-16-9-10-17-18(12-16)19(14-6-3-2-4-7-14)20(21(17)23)15-8-5-11-22-13-15/h2-13H,1H3. The Balaban J connectivity index is 2.03. The molecule has 3 aromatic rings. The lowest BCUT2D eigenvalue weighted by atomic mass is 9.95. The van der Waals surface area contributed by atoms with Crippen molar-refractivity contribution in [3.63, 3.8) is 0 Å². The predicted molar refractivity (Wildman–Crippen MR) is 93.9 cm³/mol. The summed E-state index contributed by atoms with van der Waals surface area (Å²) in [5.41, 5.74) is 5.08. The number of hydrogen-bond acceptors (Lipinski definition) is 3. The molecule has 0 N–H and O–H groups in total. The molecule has 4 rings (SSSR count). The van der Waals surface area contributed by atoms with Gasteiger partial charge in [0.25, 0.3) is 0 Å². The van der Waals surface area contributed by atoms with Gasteiger partial charge in [0.05, 0.1) is 7.11 Å². The number of carbonyl (C=O) groups excluding carboxylic acids is 1. The van der Waals surface area contributed by atoms with Crippen LogP contribution in [0, 0.1) is 0 Å². The first-order valence-corrected chi connectivity index (χ1v) is 7.73. The third kappa shape index (κ3) is 2.22. The van der Waals surface area contributed by atoms with Crippen molar-refractivity contribution in [2.75, 3.05) is 7.11 Å². The minimum Gasteiger partial charge on any atom is -0.497 e. The van der Waals surface area contributed by atoms with E-state index >= 15 is 0 Å². The Hall–Kier alpha value is -3.20. The number of benzene rings is 2. The summed E-state index contributed by atoms with van der Waals surface area (Å²) < 4.78 is 5.35. The Morgan fingerprint density at radius 2 is 1.62 bits per heavy atom. The zero-order valence-corrected chi connectivity index (χ0v) is 13.2. The molecule has 2 aromatic carbocycles. The van der Waals surface area contributed by atoms with Gasteiger partial charge >= 0.3 is 0 Å². The van der Waals surface area contributed by atoms with Gasteiger partial charge in [0, 0.05) is 34.7 Å². The second-order valence-electron chi connectivity index (χ2n) is 5.60. The number of pyridine rings is 1. The van der Waals surface area contributed by atoms with Crippen LogP contribution in [0.25, 0.3) is 11.1 Å². The highest BCUT2D eigenvalue weighted by Gasteiger charge is 2.31. The third-order valence-electron chi connectivity index (χ3n) is 4.23. The summed E-state index contributed by atoms with van der Waals surface area (Å²) in [7, 11) is 1.63. The molecule has 0 spiro atoms. The predicted octanol–water partition coefficient (Wildman–Crippen LogP) is 4.25. The van der Waals surface area contributed by atoms with E-state index in [1.54, 1.807) is 19.5 Å². The fourth-order valence-corrected chi connectivity index (χ4v) is 3.13. The zero-order valence-electron chi connectivity index (χ0n) is 13.2. The number of carbonyl (C=O) groups is 1. The molecule has 0 atom stereocenters. The summed E-state index contributed by atoms with van der Waals surface area (Å²) in [4.78, 5) is 17.2. The molecule has 1 aromatic heterocycles. The van der Waals surface area contributed by atoms with E-state index in [1.165, 1.54) is 0 Å². The molecule has 0 saturated heterocycles. The number of allylic oxidation sites excluding steroid dienone is 1. The van der Waals surface area contributed by atoms with Crippen LogP contribution in [-0.4, -0.2) is 17.9 Å². The van der Waals surface area contributed by atoms with Crippen molar-refractivity contribution < 1.29 is 9.53 Å². The van der Waals surface area contributed by atoms with Crippen molar-refractivity contribution >= 4 is 16.9 Å². The van der Waals surface area contributed by atoms with Crippen molar-refractivity contribution in [2.45, 2.75) is 0 Å². The number of rotatable bonds is 3. The number of Topliss-reactive ketones (excluding diaryl/α,β-unsaturated/α-hetero) is 1. The Labute approximate surface area is 140 Å². The van der Waals surface area contributed by atoms with Crippen LogP contribution < -0.4 is 4.74 Å². The summed E-state index contributed by atoms with van der Waals surface area (Å²) in [6, 6.07) is 19.3. The molecule has 1 aliphatic rings. The maximum absolute atomic E-state index is 13.1. The van der Waals surface area contributed by atoms with Crippen LogP contribution in [-0.2, 0) is 0 Å². The maximum Gasteiger partial charge on any atom is 0.194 e. The summed E-state index contributed by atoms with van der Waals surface area (Å²) in [6.07, 6.45) is 3.45. The van der Waals surface area contributed by atoms with Gasteiger partial charge in [-0.25, -0.2) is 0 Å². The van der Waals surface area contributed by atoms with Crippen molar-refractivity contribution in [3.05, 3.63) is 95.3 Å². The molecule has 0 fully saturated rings. The van der Waals surface area contributed by atoms with Gasteiger partial charge in [0.1, 0.15) is 5.75 Å². The molecule has 0 saturated carbocycles. The highest BCUT2D eigenvalue weighted by atomic mass is 16.5. The van der Waals surface area contributed by atoms with Gasteiger partial charge in [-0.2, -0.15) is 0 Å². The van der Waals surface area contributed by atoms with Gasteiger partial charge in [-0.15, -0.1) is 0 Å². The Bertz CT molecular complexity index is 944. The molecular weight excluding hydrogens is 298 g/mol. The number of aromatic nitrogens is 1. The highest BCUT2D eigenvalue weighted by Crippen LogP contribution is 2.43. The molecule has 0 bridgehead atoms. The van der Waals surface area contributed by atoms with Gasteiger partial charge < -0.3 is 4.74 Å².